The normalized spacial score (nSPS) is 17.8. The summed E-state index contributed by atoms with van der Waals surface area (Å²) >= 11 is 0. The van der Waals surface area contributed by atoms with Crippen molar-refractivity contribution in [2.24, 2.45) is 0 Å². The van der Waals surface area contributed by atoms with Crippen molar-refractivity contribution in [1.29, 1.82) is 0 Å². The molecule has 0 atom stereocenters. The van der Waals surface area contributed by atoms with Crippen LogP contribution in [-0.2, 0) is 6.54 Å². The van der Waals surface area contributed by atoms with Gasteiger partial charge in [0.05, 0.1) is 25.1 Å². The Bertz CT molecular complexity index is 400. The summed E-state index contributed by atoms with van der Waals surface area (Å²) in [5.41, 5.74) is 1.37. The minimum absolute atomic E-state index is 0. The maximum Gasteiger partial charge on any atom is 0.269 e. The minimum Gasteiger partial charge on any atom is -1.00 e. The zero-order valence-electron chi connectivity index (χ0n) is 10.6. The minimum atomic E-state index is -0.346. The molecule has 2 rings (SSSR count). The summed E-state index contributed by atoms with van der Waals surface area (Å²) < 4.78 is 1.07. The molecule has 0 radical (unpaired) electrons. The Balaban J connectivity index is 0.00000162. The molecule has 1 heterocycles. The average molecular weight is 271 g/mol. The van der Waals surface area contributed by atoms with Gasteiger partial charge in [-0.15, -0.1) is 0 Å². The number of hydrogen-bond donors (Lipinski definition) is 0. The Kier molecular flexibility index (Phi) is 5.11. The summed E-state index contributed by atoms with van der Waals surface area (Å²) in [4.78, 5) is 10.2. The van der Waals surface area contributed by atoms with Gasteiger partial charge in [-0.25, -0.2) is 0 Å². The van der Waals surface area contributed by atoms with Crippen LogP contribution in [0.2, 0.25) is 0 Å². The number of nitro groups is 1. The summed E-state index contributed by atoms with van der Waals surface area (Å²) in [7, 11) is 2.28. The molecule has 0 aromatic heterocycles. The summed E-state index contributed by atoms with van der Waals surface area (Å²) in [6.45, 7) is 3.42. The number of hydrogen-bond acceptors (Lipinski definition) is 2. The van der Waals surface area contributed by atoms with Gasteiger partial charge in [0.15, 0.2) is 0 Å². The summed E-state index contributed by atoms with van der Waals surface area (Å²) in [6.07, 6.45) is 3.93. The fraction of sp³-hybridized carbons (Fsp3) is 0.538. The van der Waals surface area contributed by atoms with Crippen LogP contribution in [0.15, 0.2) is 24.3 Å². The monoisotopic (exact) mass is 270 g/mol. The molecule has 0 bridgehead atoms. The molecule has 18 heavy (non-hydrogen) atoms. The van der Waals surface area contributed by atoms with Gasteiger partial charge in [0.1, 0.15) is 6.54 Å². The molecule has 100 valence electrons. The van der Waals surface area contributed by atoms with Crippen molar-refractivity contribution in [3.63, 3.8) is 0 Å². The Morgan fingerprint density at radius 1 is 1.17 bits per heavy atom. The predicted molar refractivity (Wildman–Crippen MR) is 66.6 cm³/mol. The van der Waals surface area contributed by atoms with Crippen molar-refractivity contribution in [3.05, 3.63) is 39.9 Å². The quantitative estimate of drug-likeness (QED) is 0.431. The molecular formula is C13H19ClN2O2. The lowest BCUT2D eigenvalue weighted by Gasteiger charge is -2.37. The van der Waals surface area contributed by atoms with E-state index in [-0.39, 0.29) is 23.0 Å². The number of non-ortho nitro benzene ring substituents is 1. The van der Waals surface area contributed by atoms with Crippen molar-refractivity contribution >= 4 is 5.69 Å². The van der Waals surface area contributed by atoms with Crippen molar-refractivity contribution in [2.75, 3.05) is 20.1 Å². The van der Waals surface area contributed by atoms with Crippen LogP contribution < -0.4 is 12.4 Å². The van der Waals surface area contributed by atoms with E-state index in [4.69, 9.17) is 0 Å². The number of likely N-dealkylation sites (tertiary alicyclic amines) is 1. The van der Waals surface area contributed by atoms with Gasteiger partial charge in [0.25, 0.3) is 5.69 Å². The second-order valence-corrected chi connectivity index (χ2v) is 5.21. The summed E-state index contributed by atoms with van der Waals surface area (Å²) in [5, 5.41) is 10.6. The van der Waals surface area contributed by atoms with E-state index in [0.717, 1.165) is 11.0 Å². The molecule has 1 fully saturated rings. The van der Waals surface area contributed by atoms with Crippen LogP contribution in [-0.4, -0.2) is 29.5 Å². The first-order valence-electron chi connectivity index (χ1n) is 6.16. The molecule has 0 unspecified atom stereocenters. The number of benzene rings is 1. The van der Waals surface area contributed by atoms with Gasteiger partial charge in [0.2, 0.25) is 0 Å². The number of nitro benzene ring substituents is 1. The third kappa shape index (κ3) is 3.68. The molecule has 1 aliphatic rings. The number of halogens is 1. The van der Waals surface area contributed by atoms with Gasteiger partial charge in [-0.2, -0.15) is 0 Å². The molecule has 1 aliphatic heterocycles. The first-order chi connectivity index (χ1) is 8.09. The van der Waals surface area contributed by atoms with E-state index in [2.05, 4.69) is 7.05 Å². The van der Waals surface area contributed by atoms with E-state index in [9.17, 15) is 10.1 Å². The van der Waals surface area contributed by atoms with Crippen LogP contribution in [0.1, 0.15) is 24.8 Å². The van der Waals surface area contributed by atoms with Gasteiger partial charge in [-0.05, 0) is 31.4 Å². The molecule has 1 saturated heterocycles. The highest BCUT2D eigenvalue weighted by atomic mass is 35.5. The molecule has 1 aromatic rings. The first-order valence-corrected chi connectivity index (χ1v) is 6.16. The second-order valence-electron chi connectivity index (χ2n) is 5.21. The fourth-order valence-corrected chi connectivity index (χ4v) is 2.60. The maximum atomic E-state index is 10.6. The van der Waals surface area contributed by atoms with E-state index in [1.165, 1.54) is 37.9 Å². The first kappa shape index (κ1) is 14.9. The molecule has 0 saturated carbocycles. The lowest BCUT2D eigenvalue weighted by molar-refractivity contribution is -0.926. The molecule has 0 spiro atoms. The highest BCUT2D eigenvalue weighted by molar-refractivity contribution is 5.32. The van der Waals surface area contributed by atoms with Gasteiger partial charge < -0.3 is 16.9 Å². The third-order valence-corrected chi connectivity index (χ3v) is 3.61. The fourth-order valence-electron chi connectivity index (χ4n) is 2.60. The van der Waals surface area contributed by atoms with Crippen LogP contribution in [0.4, 0.5) is 5.69 Å². The maximum absolute atomic E-state index is 10.6. The van der Waals surface area contributed by atoms with Crippen molar-refractivity contribution in [3.8, 4) is 0 Å². The lowest BCUT2D eigenvalue weighted by atomic mass is 10.1. The standard InChI is InChI=1S/C13H19N2O2.ClH/c1-15(9-3-2-4-10-15)11-12-5-7-13(8-6-12)14(16)17;/h5-8H,2-4,9-11H2,1H3;1H/q+1;/p-1. The summed E-state index contributed by atoms with van der Waals surface area (Å²) in [6, 6.07) is 6.98. The average Bonchev–Trinajstić information content (AvgIpc) is 2.30. The smallest absolute Gasteiger partial charge is 0.269 e. The molecule has 0 aliphatic carbocycles. The second kappa shape index (κ2) is 6.16. The lowest BCUT2D eigenvalue weighted by Crippen LogP contribution is -3.00. The molecular weight excluding hydrogens is 252 g/mol. The Hall–Kier alpha value is -1.13. The van der Waals surface area contributed by atoms with Crippen LogP contribution >= 0.6 is 0 Å². The Labute approximate surface area is 114 Å². The van der Waals surface area contributed by atoms with E-state index < -0.39 is 0 Å². The van der Waals surface area contributed by atoms with Crippen molar-refractivity contribution < 1.29 is 21.8 Å². The SMILES string of the molecule is C[N+]1(Cc2ccc([N+](=O)[O-])cc2)CCCCC1.[Cl-]. The van der Waals surface area contributed by atoms with Crippen LogP contribution in [0.25, 0.3) is 0 Å². The van der Waals surface area contributed by atoms with Crippen molar-refractivity contribution in [1.82, 2.24) is 0 Å². The van der Waals surface area contributed by atoms with E-state index >= 15 is 0 Å². The topological polar surface area (TPSA) is 43.1 Å². The zero-order valence-corrected chi connectivity index (χ0v) is 11.4. The number of rotatable bonds is 3. The molecule has 5 heteroatoms. The van der Waals surface area contributed by atoms with E-state index in [1.54, 1.807) is 12.1 Å². The largest absolute Gasteiger partial charge is 1.00 e. The third-order valence-electron chi connectivity index (χ3n) is 3.61. The van der Waals surface area contributed by atoms with Gasteiger partial charge in [-0.1, -0.05) is 0 Å². The Morgan fingerprint density at radius 2 is 1.72 bits per heavy atom. The van der Waals surface area contributed by atoms with E-state index in [1.807, 2.05) is 12.1 Å². The predicted octanol–water partition coefficient (Wildman–Crippen LogP) is -0.271. The Morgan fingerprint density at radius 3 is 2.22 bits per heavy atom. The van der Waals surface area contributed by atoms with Crippen LogP contribution in [0.5, 0.6) is 0 Å². The number of quaternary nitrogens is 1. The zero-order chi connectivity index (χ0) is 12.3. The molecule has 0 amide bonds. The molecule has 1 aromatic carbocycles. The molecule has 0 N–H and O–H groups in total. The van der Waals surface area contributed by atoms with Crippen LogP contribution in [0.3, 0.4) is 0 Å². The van der Waals surface area contributed by atoms with Gasteiger partial charge in [-0.3, -0.25) is 10.1 Å². The van der Waals surface area contributed by atoms with Gasteiger partial charge >= 0.3 is 0 Å². The molecule has 4 nitrogen and oxygen atoms in total. The van der Waals surface area contributed by atoms with Crippen molar-refractivity contribution in [2.45, 2.75) is 25.8 Å². The highest BCUT2D eigenvalue weighted by Gasteiger charge is 2.24. The highest BCUT2D eigenvalue weighted by Crippen LogP contribution is 2.21. The summed E-state index contributed by atoms with van der Waals surface area (Å²) in [5.74, 6) is 0. The van der Waals surface area contributed by atoms with Gasteiger partial charge in [0, 0.05) is 17.7 Å². The number of piperidine rings is 1. The number of nitrogens with zero attached hydrogens (tertiary/aromatic N) is 2. The van der Waals surface area contributed by atoms with E-state index in [0.29, 0.717) is 0 Å². The van der Waals surface area contributed by atoms with Crippen LogP contribution in [0, 0.1) is 10.1 Å².